The van der Waals surface area contributed by atoms with E-state index in [1.54, 1.807) is 0 Å². The van der Waals surface area contributed by atoms with E-state index in [0.717, 1.165) is 6.42 Å². The van der Waals surface area contributed by atoms with Gasteiger partial charge in [-0.25, -0.2) is 0 Å². The lowest BCUT2D eigenvalue weighted by molar-refractivity contribution is -0.0655. The maximum atomic E-state index is 10.3. The van der Waals surface area contributed by atoms with Gasteiger partial charge in [0.25, 0.3) is 0 Å². The molecule has 1 unspecified atom stereocenters. The van der Waals surface area contributed by atoms with E-state index in [0.29, 0.717) is 5.41 Å². The Bertz CT molecular complexity index is 166. The van der Waals surface area contributed by atoms with Crippen LogP contribution in [-0.2, 0) is 0 Å². The van der Waals surface area contributed by atoms with Crippen molar-refractivity contribution in [3.63, 3.8) is 0 Å². The molecule has 12 heavy (non-hydrogen) atoms. The summed E-state index contributed by atoms with van der Waals surface area (Å²) in [6, 6.07) is 0. The average Bonchev–Trinajstić information content (AvgIpc) is 2.30. The summed E-state index contributed by atoms with van der Waals surface area (Å²) < 4.78 is 0. The third-order valence-corrected chi connectivity index (χ3v) is 4.27. The maximum absolute atomic E-state index is 10.3. The first-order valence-corrected chi connectivity index (χ1v) is 5.39. The third-order valence-electron chi connectivity index (χ3n) is 4.27. The highest BCUT2D eigenvalue weighted by Gasteiger charge is 2.50. The molecule has 0 aliphatic heterocycles. The first-order valence-electron chi connectivity index (χ1n) is 5.39. The van der Waals surface area contributed by atoms with Crippen molar-refractivity contribution in [3.8, 4) is 0 Å². The van der Waals surface area contributed by atoms with Crippen molar-refractivity contribution in [2.24, 2.45) is 5.41 Å². The second-order valence-electron chi connectivity index (χ2n) is 4.97. The molecule has 1 heteroatoms. The molecule has 0 saturated heterocycles. The van der Waals surface area contributed by atoms with Gasteiger partial charge in [-0.3, -0.25) is 0 Å². The molecule has 2 fully saturated rings. The summed E-state index contributed by atoms with van der Waals surface area (Å²) in [4.78, 5) is 0. The average molecular weight is 168 g/mol. The van der Waals surface area contributed by atoms with Crippen LogP contribution >= 0.6 is 0 Å². The quantitative estimate of drug-likeness (QED) is 0.589. The zero-order valence-electron chi connectivity index (χ0n) is 8.10. The predicted octanol–water partition coefficient (Wildman–Crippen LogP) is 2.87. The smallest absolute Gasteiger partial charge is 0.0675 e. The molecular weight excluding hydrogens is 148 g/mol. The Labute approximate surface area is 75.2 Å². The van der Waals surface area contributed by atoms with E-state index in [9.17, 15) is 5.11 Å². The van der Waals surface area contributed by atoms with Crippen LogP contribution in [0.25, 0.3) is 0 Å². The molecule has 0 aromatic rings. The molecule has 70 valence electrons. The number of hydrogen-bond donors (Lipinski definition) is 1. The fourth-order valence-electron chi connectivity index (χ4n) is 3.32. The van der Waals surface area contributed by atoms with Crippen molar-refractivity contribution in [2.75, 3.05) is 0 Å². The zero-order valence-corrected chi connectivity index (χ0v) is 8.10. The van der Waals surface area contributed by atoms with Crippen LogP contribution in [0.1, 0.15) is 58.3 Å². The maximum Gasteiger partial charge on any atom is 0.0675 e. The van der Waals surface area contributed by atoms with E-state index in [4.69, 9.17) is 0 Å². The van der Waals surface area contributed by atoms with Gasteiger partial charge in [0, 0.05) is 0 Å². The topological polar surface area (TPSA) is 20.2 Å². The van der Waals surface area contributed by atoms with Gasteiger partial charge in [-0.15, -0.1) is 0 Å². The minimum absolute atomic E-state index is 0.325. The highest BCUT2D eigenvalue weighted by molar-refractivity contribution is 5.02. The summed E-state index contributed by atoms with van der Waals surface area (Å²) in [5, 5.41) is 10.3. The SMILES string of the molecule is CC1(O)CCCC12CCCCC2. The van der Waals surface area contributed by atoms with Crippen molar-refractivity contribution in [1.29, 1.82) is 0 Å². The summed E-state index contributed by atoms with van der Waals surface area (Å²) >= 11 is 0. The van der Waals surface area contributed by atoms with Gasteiger partial charge >= 0.3 is 0 Å². The second-order valence-corrected chi connectivity index (χ2v) is 4.97. The lowest BCUT2D eigenvalue weighted by atomic mass is 9.66. The molecule has 2 rings (SSSR count). The van der Waals surface area contributed by atoms with Crippen LogP contribution in [0.3, 0.4) is 0 Å². The van der Waals surface area contributed by atoms with Gasteiger partial charge in [0.15, 0.2) is 0 Å². The van der Waals surface area contributed by atoms with Gasteiger partial charge in [-0.05, 0) is 44.4 Å². The van der Waals surface area contributed by atoms with Gasteiger partial charge in [-0.1, -0.05) is 19.3 Å². The normalized spacial score (nSPS) is 40.5. The number of hydrogen-bond acceptors (Lipinski definition) is 1. The molecule has 1 atom stereocenters. The molecule has 2 saturated carbocycles. The second kappa shape index (κ2) is 2.73. The Hall–Kier alpha value is -0.0400. The Morgan fingerprint density at radius 2 is 1.42 bits per heavy atom. The lowest BCUT2D eigenvalue weighted by Crippen LogP contribution is -2.42. The van der Waals surface area contributed by atoms with Crippen molar-refractivity contribution >= 4 is 0 Å². The molecule has 2 aliphatic carbocycles. The summed E-state index contributed by atoms with van der Waals surface area (Å²) in [7, 11) is 0. The van der Waals surface area contributed by atoms with Crippen LogP contribution in [0.4, 0.5) is 0 Å². The molecule has 0 aromatic heterocycles. The predicted molar refractivity (Wildman–Crippen MR) is 50.0 cm³/mol. The fourth-order valence-corrected chi connectivity index (χ4v) is 3.32. The van der Waals surface area contributed by atoms with Gasteiger partial charge in [-0.2, -0.15) is 0 Å². The van der Waals surface area contributed by atoms with Crippen LogP contribution in [0, 0.1) is 5.41 Å². The van der Waals surface area contributed by atoms with Crippen LogP contribution in [-0.4, -0.2) is 10.7 Å². The van der Waals surface area contributed by atoms with E-state index >= 15 is 0 Å². The van der Waals surface area contributed by atoms with E-state index in [2.05, 4.69) is 6.92 Å². The Morgan fingerprint density at radius 3 is 1.92 bits per heavy atom. The van der Waals surface area contributed by atoms with Crippen molar-refractivity contribution in [1.82, 2.24) is 0 Å². The Balaban J connectivity index is 2.17. The zero-order chi connectivity index (χ0) is 8.66. The van der Waals surface area contributed by atoms with E-state index < -0.39 is 0 Å². The van der Waals surface area contributed by atoms with E-state index in [1.807, 2.05) is 0 Å². The highest BCUT2D eigenvalue weighted by Crippen LogP contribution is 2.54. The minimum atomic E-state index is -0.340. The molecular formula is C11H20O. The van der Waals surface area contributed by atoms with Gasteiger partial charge in [0.05, 0.1) is 5.60 Å². The van der Waals surface area contributed by atoms with Crippen molar-refractivity contribution in [2.45, 2.75) is 63.9 Å². The first-order chi connectivity index (χ1) is 5.66. The van der Waals surface area contributed by atoms with E-state index in [-0.39, 0.29) is 5.60 Å². The Kier molecular flexibility index (Phi) is 1.95. The first kappa shape index (κ1) is 8.55. The summed E-state index contributed by atoms with van der Waals surface area (Å²) in [6.07, 6.45) is 10.2. The molecule has 1 N–H and O–H groups in total. The molecule has 0 bridgehead atoms. The van der Waals surface area contributed by atoms with Crippen LogP contribution in [0.2, 0.25) is 0 Å². The van der Waals surface area contributed by atoms with Gasteiger partial charge < -0.3 is 5.11 Å². The summed E-state index contributed by atoms with van der Waals surface area (Å²) in [5.41, 5.74) is -0.0152. The molecule has 0 aromatic carbocycles. The highest BCUT2D eigenvalue weighted by atomic mass is 16.3. The minimum Gasteiger partial charge on any atom is -0.390 e. The van der Waals surface area contributed by atoms with Crippen molar-refractivity contribution in [3.05, 3.63) is 0 Å². The van der Waals surface area contributed by atoms with E-state index in [1.165, 1.54) is 44.9 Å². The summed E-state index contributed by atoms with van der Waals surface area (Å²) in [5.74, 6) is 0. The fraction of sp³-hybridized carbons (Fsp3) is 1.00. The largest absolute Gasteiger partial charge is 0.390 e. The number of aliphatic hydroxyl groups is 1. The standard InChI is InChI=1S/C11H20O/c1-10(12)6-5-9-11(10)7-3-2-4-8-11/h12H,2-9H2,1H3. The molecule has 0 radical (unpaired) electrons. The molecule has 0 amide bonds. The number of rotatable bonds is 0. The molecule has 0 heterocycles. The van der Waals surface area contributed by atoms with Crippen LogP contribution in [0.15, 0.2) is 0 Å². The lowest BCUT2D eigenvalue weighted by Gasteiger charge is -2.43. The van der Waals surface area contributed by atoms with Gasteiger partial charge in [0.1, 0.15) is 0 Å². The van der Waals surface area contributed by atoms with Crippen LogP contribution in [0.5, 0.6) is 0 Å². The van der Waals surface area contributed by atoms with Gasteiger partial charge in [0.2, 0.25) is 0 Å². The molecule has 2 aliphatic rings. The van der Waals surface area contributed by atoms with Crippen LogP contribution < -0.4 is 0 Å². The summed E-state index contributed by atoms with van der Waals surface area (Å²) in [6.45, 7) is 2.06. The molecule has 1 nitrogen and oxygen atoms in total. The Morgan fingerprint density at radius 1 is 0.833 bits per heavy atom. The monoisotopic (exact) mass is 168 g/mol. The molecule has 1 spiro atoms. The van der Waals surface area contributed by atoms with Crippen molar-refractivity contribution < 1.29 is 5.11 Å². The third kappa shape index (κ3) is 1.10.